The van der Waals surface area contributed by atoms with Crippen LogP contribution < -0.4 is 0 Å². The molecule has 1 nitrogen and oxygen atoms in total. The summed E-state index contributed by atoms with van der Waals surface area (Å²) < 4.78 is 0.552. The topological polar surface area (TPSA) is 20.2 Å². The molecule has 3 heteroatoms. The van der Waals surface area contributed by atoms with E-state index in [0.29, 0.717) is 15.1 Å². The SMILES string of the molecule is C=C/C(Cl)=C(\C(=C)Br)C(O)c1cccc(C)c1. The van der Waals surface area contributed by atoms with Gasteiger partial charge in [0.15, 0.2) is 0 Å². The molecule has 0 radical (unpaired) electrons. The van der Waals surface area contributed by atoms with Crippen molar-refractivity contribution in [2.75, 3.05) is 0 Å². The van der Waals surface area contributed by atoms with Crippen molar-refractivity contribution in [2.45, 2.75) is 13.0 Å². The summed E-state index contributed by atoms with van der Waals surface area (Å²) >= 11 is 9.28. The second-order valence-corrected chi connectivity index (χ2v) is 5.05. The molecule has 0 spiro atoms. The van der Waals surface area contributed by atoms with E-state index in [1.165, 1.54) is 6.08 Å². The highest BCUT2D eigenvalue weighted by molar-refractivity contribution is 9.11. The fourth-order valence-electron chi connectivity index (χ4n) is 1.53. The molecule has 0 heterocycles. The predicted molar refractivity (Wildman–Crippen MR) is 77.3 cm³/mol. The lowest BCUT2D eigenvalue weighted by molar-refractivity contribution is 0.219. The second kappa shape index (κ2) is 6.20. The average Bonchev–Trinajstić information content (AvgIpc) is 2.28. The highest BCUT2D eigenvalue weighted by atomic mass is 79.9. The summed E-state index contributed by atoms with van der Waals surface area (Å²) in [6.07, 6.45) is 0.676. The molecular formula is C14H14BrClO. The number of hydrogen-bond donors (Lipinski definition) is 1. The molecule has 0 saturated carbocycles. The molecule has 0 aliphatic carbocycles. The van der Waals surface area contributed by atoms with Crippen molar-refractivity contribution in [3.05, 3.63) is 69.7 Å². The summed E-state index contributed by atoms with van der Waals surface area (Å²) in [6.45, 7) is 9.32. The van der Waals surface area contributed by atoms with Gasteiger partial charge in [-0.2, -0.15) is 0 Å². The number of hydrogen-bond acceptors (Lipinski definition) is 1. The van der Waals surface area contributed by atoms with Crippen LogP contribution in [0.25, 0.3) is 0 Å². The molecule has 1 aromatic rings. The molecule has 0 bridgehead atoms. The van der Waals surface area contributed by atoms with Crippen LogP contribution >= 0.6 is 27.5 Å². The maximum atomic E-state index is 10.3. The Morgan fingerprint density at radius 1 is 1.53 bits per heavy atom. The van der Waals surface area contributed by atoms with Crippen molar-refractivity contribution >= 4 is 27.5 Å². The summed E-state index contributed by atoms with van der Waals surface area (Å²) in [6, 6.07) is 7.62. The second-order valence-electron chi connectivity index (χ2n) is 3.69. The maximum Gasteiger partial charge on any atom is 0.107 e. The van der Waals surface area contributed by atoms with Crippen molar-refractivity contribution < 1.29 is 5.11 Å². The first-order valence-electron chi connectivity index (χ1n) is 5.09. The van der Waals surface area contributed by atoms with Crippen LogP contribution in [0.5, 0.6) is 0 Å². The van der Waals surface area contributed by atoms with Crippen LogP contribution in [0.4, 0.5) is 0 Å². The molecule has 1 atom stereocenters. The van der Waals surface area contributed by atoms with Crippen molar-refractivity contribution in [2.24, 2.45) is 0 Å². The number of aliphatic hydroxyl groups excluding tert-OH is 1. The lowest BCUT2D eigenvalue weighted by Gasteiger charge is -2.16. The zero-order chi connectivity index (χ0) is 13.0. The van der Waals surface area contributed by atoms with Gasteiger partial charge in [0, 0.05) is 15.1 Å². The number of allylic oxidation sites excluding steroid dienone is 2. The van der Waals surface area contributed by atoms with Crippen LogP contribution in [0.1, 0.15) is 17.2 Å². The third-order valence-electron chi connectivity index (χ3n) is 2.36. The number of benzene rings is 1. The minimum atomic E-state index is -0.813. The van der Waals surface area contributed by atoms with Crippen molar-refractivity contribution in [3.8, 4) is 0 Å². The predicted octanol–water partition coefficient (Wildman–Crippen LogP) is 4.62. The van der Waals surface area contributed by atoms with E-state index in [9.17, 15) is 5.11 Å². The van der Waals surface area contributed by atoms with Gasteiger partial charge in [-0.1, -0.05) is 76.6 Å². The lowest BCUT2D eigenvalue weighted by atomic mass is 9.99. The number of aliphatic hydroxyl groups is 1. The van der Waals surface area contributed by atoms with Crippen LogP contribution in [0, 0.1) is 6.92 Å². The Morgan fingerprint density at radius 2 is 2.18 bits per heavy atom. The van der Waals surface area contributed by atoms with Gasteiger partial charge >= 0.3 is 0 Å². The molecule has 90 valence electrons. The summed E-state index contributed by atoms with van der Waals surface area (Å²) in [5, 5.41) is 10.7. The van der Waals surface area contributed by atoms with E-state index in [4.69, 9.17) is 11.6 Å². The molecule has 0 fully saturated rings. The number of aryl methyl sites for hydroxylation is 1. The van der Waals surface area contributed by atoms with Crippen molar-refractivity contribution in [3.63, 3.8) is 0 Å². The van der Waals surface area contributed by atoms with Crippen LogP contribution in [-0.4, -0.2) is 5.11 Å². The van der Waals surface area contributed by atoms with E-state index >= 15 is 0 Å². The molecule has 1 N–H and O–H groups in total. The third kappa shape index (κ3) is 3.56. The molecule has 17 heavy (non-hydrogen) atoms. The molecule has 0 aromatic heterocycles. The van der Waals surface area contributed by atoms with Gasteiger partial charge in [0.1, 0.15) is 6.10 Å². The molecule has 1 rings (SSSR count). The van der Waals surface area contributed by atoms with Gasteiger partial charge in [-0.25, -0.2) is 0 Å². The van der Waals surface area contributed by atoms with Gasteiger partial charge < -0.3 is 5.11 Å². The van der Waals surface area contributed by atoms with E-state index in [2.05, 4.69) is 29.1 Å². The summed E-state index contributed by atoms with van der Waals surface area (Å²) in [7, 11) is 0. The average molecular weight is 314 g/mol. The first-order chi connectivity index (χ1) is 7.97. The lowest BCUT2D eigenvalue weighted by Crippen LogP contribution is -2.03. The van der Waals surface area contributed by atoms with Crippen molar-refractivity contribution in [1.82, 2.24) is 0 Å². The fraction of sp³-hybridized carbons (Fsp3) is 0.143. The monoisotopic (exact) mass is 312 g/mol. The highest BCUT2D eigenvalue weighted by Crippen LogP contribution is 2.34. The maximum absolute atomic E-state index is 10.3. The van der Waals surface area contributed by atoms with Gasteiger partial charge in [0.2, 0.25) is 0 Å². The Morgan fingerprint density at radius 3 is 2.65 bits per heavy atom. The Bertz CT molecular complexity index is 477. The molecule has 0 saturated heterocycles. The fourth-order valence-corrected chi connectivity index (χ4v) is 2.29. The van der Waals surface area contributed by atoms with E-state index in [0.717, 1.165) is 11.1 Å². The van der Waals surface area contributed by atoms with E-state index < -0.39 is 6.10 Å². The molecule has 0 aliphatic rings. The Labute approximate surface area is 115 Å². The highest BCUT2D eigenvalue weighted by Gasteiger charge is 2.17. The molecular weight excluding hydrogens is 300 g/mol. The Balaban J connectivity index is 3.22. The quantitative estimate of drug-likeness (QED) is 0.804. The third-order valence-corrected chi connectivity index (χ3v) is 3.15. The van der Waals surface area contributed by atoms with Crippen LogP contribution in [-0.2, 0) is 0 Å². The standard InChI is InChI=1S/C14H14BrClO/c1-4-12(16)13(10(3)15)14(17)11-7-5-6-9(2)8-11/h4-8,14,17H,1,3H2,2H3/b13-12-. The summed E-state index contributed by atoms with van der Waals surface area (Å²) in [5.41, 5.74) is 2.39. The zero-order valence-corrected chi connectivity index (χ0v) is 11.9. The van der Waals surface area contributed by atoms with Gasteiger partial charge in [-0.3, -0.25) is 0 Å². The summed E-state index contributed by atoms with van der Waals surface area (Å²) in [4.78, 5) is 0. The van der Waals surface area contributed by atoms with Gasteiger partial charge in [0.05, 0.1) is 0 Å². The molecule has 0 aliphatic heterocycles. The van der Waals surface area contributed by atoms with Crippen molar-refractivity contribution in [1.29, 1.82) is 0 Å². The van der Waals surface area contributed by atoms with Crippen LogP contribution in [0.2, 0.25) is 0 Å². The minimum Gasteiger partial charge on any atom is -0.384 e. The van der Waals surface area contributed by atoms with E-state index in [-0.39, 0.29) is 0 Å². The number of halogens is 2. The van der Waals surface area contributed by atoms with Crippen LogP contribution in [0.3, 0.4) is 0 Å². The van der Waals surface area contributed by atoms with Crippen LogP contribution in [0.15, 0.2) is 58.6 Å². The Hall–Kier alpha value is -0.830. The Kier molecular flexibility index (Phi) is 5.19. The number of rotatable bonds is 4. The molecule has 1 unspecified atom stereocenters. The van der Waals surface area contributed by atoms with Gasteiger partial charge in [-0.05, 0) is 12.5 Å². The van der Waals surface area contributed by atoms with E-state index in [1.807, 2.05) is 31.2 Å². The van der Waals surface area contributed by atoms with Gasteiger partial charge in [0.25, 0.3) is 0 Å². The smallest absolute Gasteiger partial charge is 0.107 e. The van der Waals surface area contributed by atoms with E-state index in [1.54, 1.807) is 0 Å². The zero-order valence-electron chi connectivity index (χ0n) is 9.58. The normalized spacial score (nSPS) is 13.9. The first-order valence-corrected chi connectivity index (χ1v) is 6.26. The molecule has 1 aromatic carbocycles. The minimum absolute atomic E-state index is 0.390. The van der Waals surface area contributed by atoms with Gasteiger partial charge in [-0.15, -0.1) is 0 Å². The summed E-state index contributed by atoms with van der Waals surface area (Å²) in [5.74, 6) is 0. The first kappa shape index (κ1) is 14.2. The molecule has 0 amide bonds. The largest absolute Gasteiger partial charge is 0.384 e.